The second-order valence-electron chi connectivity index (χ2n) is 2.75. The lowest BCUT2D eigenvalue weighted by Crippen LogP contribution is -2.05. The fraction of sp³-hybridized carbons (Fsp3) is 0.200. The molecule has 0 heterocycles. The molecule has 0 amide bonds. The number of aliphatic carboxylic acids is 1. The highest BCUT2D eigenvalue weighted by Gasteiger charge is 2.05. The Kier molecular flexibility index (Phi) is 6.30. The molecule has 88 valence electrons. The van der Waals surface area contributed by atoms with E-state index in [9.17, 15) is 9.59 Å². The first-order valence-electron chi connectivity index (χ1n) is 4.42. The third kappa shape index (κ3) is 5.61. The van der Waals surface area contributed by atoms with Crippen LogP contribution < -0.4 is 5.73 Å². The zero-order chi connectivity index (χ0) is 12.6. The van der Waals surface area contributed by atoms with Gasteiger partial charge in [-0.05, 0) is 12.1 Å². The topological polar surface area (TPSA) is 121 Å². The molecule has 16 heavy (non-hydrogen) atoms. The van der Waals surface area contributed by atoms with Crippen LogP contribution in [0.5, 0.6) is 5.75 Å². The number of aromatic hydroxyl groups is 1. The monoisotopic (exact) mass is 227 g/mol. The van der Waals surface area contributed by atoms with Gasteiger partial charge in [-0.25, -0.2) is 4.79 Å². The van der Waals surface area contributed by atoms with E-state index in [4.69, 9.17) is 21.1 Å². The summed E-state index contributed by atoms with van der Waals surface area (Å²) in [4.78, 5) is 19.8. The molecule has 1 rings (SSSR count). The third-order valence-corrected chi connectivity index (χ3v) is 1.49. The number of hydrogen-bond donors (Lipinski definition) is 4. The van der Waals surface area contributed by atoms with Crippen LogP contribution in [0.15, 0.2) is 24.3 Å². The van der Waals surface area contributed by atoms with Crippen LogP contribution in [0.3, 0.4) is 0 Å². The van der Waals surface area contributed by atoms with Gasteiger partial charge < -0.3 is 21.1 Å². The van der Waals surface area contributed by atoms with Gasteiger partial charge in [0.05, 0.1) is 6.42 Å². The van der Waals surface area contributed by atoms with E-state index in [1.54, 1.807) is 12.1 Å². The van der Waals surface area contributed by atoms with Gasteiger partial charge in [0.1, 0.15) is 11.3 Å². The first-order chi connectivity index (χ1) is 7.49. The Morgan fingerprint density at radius 3 is 2.00 bits per heavy atom. The van der Waals surface area contributed by atoms with E-state index in [0.717, 1.165) is 0 Å². The second-order valence-corrected chi connectivity index (χ2v) is 2.75. The van der Waals surface area contributed by atoms with Crippen LogP contribution in [0.1, 0.15) is 16.8 Å². The zero-order valence-corrected chi connectivity index (χ0v) is 8.46. The van der Waals surface area contributed by atoms with Gasteiger partial charge in [0.25, 0.3) is 0 Å². The Bertz CT molecular complexity index is 364. The van der Waals surface area contributed by atoms with Crippen molar-refractivity contribution >= 4 is 11.9 Å². The molecule has 0 fully saturated rings. The number of carboxylic acid groups (broad SMARTS) is 2. The van der Waals surface area contributed by atoms with Crippen molar-refractivity contribution in [2.75, 3.05) is 6.54 Å². The summed E-state index contributed by atoms with van der Waals surface area (Å²) >= 11 is 0. The molecule has 0 aromatic heterocycles. The molecular weight excluding hydrogens is 214 g/mol. The van der Waals surface area contributed by atoms with Crippen molar-refractivity contribution < 1.29 is 24.9 Å². The molecular formula is C10H13NO5. The number of aromatic carboxylic acids is 1. The summed E-state index contributed by atoms with van der Waals surface area (Å²) in [6.45, 7) is 0.231. The summed E-state index contributed by atoms with van der Waals surface area (Å²) in [6, 6.07) is 5.81. The first-order valence-corrected chi connectivity index (χ1v) is 4.42. The van der Waals surface area contributed by atoms with Gasteiger partial charge in [0.2, 0.25) is 0 Å². The Morgan fingerprint density at radius 1 is 1.19 bits per heavy atom. The molecule has 6 nitrogen and oxygen atoms in total. The minimum Gasteiger partial charge on any atom is -0.507 e. The van der Waals surface area contributed by atoms with Gasteiger partial charge >= 0.3 is 11.9 Å². The SMILES string of the molecule is NCCC(=O)O.O=C(O)c1ccccc1O. The first kappa shape index (κ1) is 13.9. The van der Waals surface area contributed by atoms with Gasteiger partial charge in [-0.3, -0.25) is 4.79 Å². The largest absolute Gasteiger partial charge is 0.507 e. The lowest BCUT2D eigenvalue weighted by Gasteiger charge is -1.95. The fourth-order valence-corrected chi connectivity index (χ4v) is 0.778. The molecule has 0 aliphatic rings. The van der Waals surface area contributed by atoms with E-state index in [1.165, 1.54) is 12.1 Å². The molecule has 1 aromatic carbocycles. The summed E-state index contributed by atoms with van der Waals surface area (Å²) in [6.07, 6.45) is 0.0694. The fourth-order valence-electron chi connectivity index (χ4n) is 0.778. The van der Waals surface area contributed by atoms with Crippen molar-refractivity contribution in [2.24, 2.45) is 5.73 Å². The summed E-state index contributed by atoms with van der Waals surface area (Å²) in [5, 5.41) is 25.1. The van der Waals surface area contributed by atoms with E-state index < -0.39 is 11.9 Å². The van der Waals surface area contributed by atoms with Gasteiger partial charge in [-0.15, -0.1) is 0 Å². The average molecular weight is 227 g/mol. The molecule has 0 unspecified atom stereocenters. The van der Waals surface area contributed by atoms with Crippen LogP contribution in [-0.4, -0.2) is 33.8 Å². The van der Waals surface area contributed by atoms with Crippen LogP contribution in [0.25, 0.3) is 0 Å². The molecule has 5 N–H and O–H groups in total. The molecule has 0 atom stereocenters. The maximum atomic E-state index is 10.3. The molecule has 0 saturated carbocycles. The molecule has 0 aliphatic heterocycles. The van der Waals surface area contributed by atoms with Gasteiger partial charge in [-0.1, -0.05) is 12.1 Å². The summed E-state index contributed by atoms with van der Waals surface area (Å²) in [5.41, 5.74) is 4.78. The summed E-state index contributed by atoms with van der Waals surface area (Å²) < 4.78 is 0. The van der Waals surface area contributed by atoms with E-state index in [0.29, 0.717) is 0 Å². The summed E-state index contributed by atoms with van der Waals surface area (Å²) in [7, 11) is 0. The number of carbonyl (C=O) groups is 2. The van der Waals surface area contributed by atoms with Gasteiger partial charge in [0, 0.05) is 6.54 Å². The Hall–Kier alpha value is -2.08. The van der Waals surface area contributed by atoms with E-state index in [2.05, 4.69) is 0 Å². The number of benzene rings is 1. The number of para-hydroxylation sites is 1. The van der Waals surface area contributed by atoms with Crippen LogP contribution in [0, 0.1) is 0 Å². The molecule has 6 heteroatoms. The minimum absolute atomic E-state index is 0.0671. The van der Waals surface area contributed by atoms with Crippen molar-refractivity contribution in [1.29, 1.82) is 0 Å². The number of nitrogens with two attached hydrogens (primary N) is 1. The predicted molar refractivity (Wildman–Crippen MR) is 56.4 cm³/mol. The Balaban J connectivity index is 0.000000325. The molecule has 0 bridgehead atoms. The molecule has 0 spiro atoms. The summed E-state index contributed by atoms with van der Waals surface area (Å²) in [5.74, 6) is -2.15. The average Bonchev–Trinajstić information content (AvgIpc) is 2.18. The highest BCUT2D eigenvalue weighted by Crippen LogP contribution is 2.14. The van der Waals surface area contributed by atoms with Crippen molar-refractivity contribution in [3.05, 3.63) is 29.8 Å². The standard InChI is InChI=1S/C7H6O3.C3H7NO2/c8-6-4-2-1-3-5(6)7(9)10;4-2-1-3(5)6/h1-4,8H,(H,9,10);1-2,4H2,(H,5,6). The van der Waals surface area contributed by atoms with Crippen LogP contribution in [-0.2, 0) is 4.79 Å². The smallest absolute Gasteiger partial charge is 0.339 e. The highest BCUT2D eigenvalue weighted by molar-refractivity contribution is 5.90. The normalized spacial score (nSPS) is 8.81. The lowest BCUT2D eigenvalue weighted by atomic mass is 10.2. The molecule has 0 saturated heterocycles. The number of hydrogen-bond acceptors (Lipinski definition) is 4. The Morgan fingerprint density at radius 2 is 1.75 bits per heavy atom. The van der Waals surface area contributed by atoms with Crippen molar-refractivity contribution in [3.8, 4) is 5.75 Å². The van der Waals surface area contributed by atoms with Crippen LogP contribution in [0.4, 0.5) is 0 Å². The van der Waals surface area contributed by atoms with E-state index >= 15 is 0 Å². The molecule has 1 aromatic rings. The van der Waals surface area contributed by atoms with E-state index in [-0.39, 0.29) is 24.3 Å². The van der Waals surface area contributed by atoms with Crippen LogP contribution in [0.2, 0.25) is 0 Å². The maximum absolute atomic E-state index is 10.3. The number of rotatable bonds is 3. The molecule has 0 radical (unpaired) electrons. The van der Waals surface area contributed by atoms with Crippen molar-refractivity contribution in [2.45, 2.75) is 6.42 Å². The quantitative estimate of drug-likeness (QED) is 0.597. The number of carboxylic acids is 2. The molecule has 0 aliphatic carbocycles. The van der Waals surface area contributed by atoms with Crippen molar-refractivity contribution in [3.63, 3.8) is 0 Å². The zero-order valence-electron chi connectivity index (χ0n) is 8.46. The number of phenols is 1. The Labute approximate surface area is 91.9 Å². The predicted octanol–water partition coefficient (Wildman–Crippen LogP) is 0.510. The maximum Gasteiger partial charge on any atom is 0.339 e. The van der Waals surface area contributed by atoms with Crippen LogP contribution >= 0.6 is 0 Å². The van der Waals surface area contributed by atoms with Crippen molar-refractivity contribution in [1.82, 2.24) is 0 Å². The minimum atomic E-state index is -1.11. The highest BCUT2D eigenvalue weighted by atomic mass is 16.4. The van der Waals surface area contributed by atoms with Gasteiger partial charge in [0.15, 0.2) is 0 Å². The van der Waals surface area contributed by atoms with Gasteiger partial charge in [-0.2, -0.15) is 0 Å². The van der Waals surface area contributed by atoms with E-state index in [1.807, 2.05) is 0 Å². The second kappa shape index (κ2) is 7.24. The lowest BCUT2D eigenvalue weighted by molar-refractivity contribution is -0.136. The third-order valence-electron chi connectivity index (χ3n) is 1.49.